The summed E-state index contributed by atoms with van der Waals surface area (Å²) in [6.45, 7) is 1.34. The topological polar surface area (TPSA) is 131 Å². The molecule has 0 aromatic heterocycles. The van der Waals surface area contributed by atoms with Gasteiger partial charge in [-0.25, -0.2) is 0 Å². The molecule has 1 fully saturated rings. The molecule has 9 nitrogen and oxygen atoms in total. The van der Waals surface area contributed by atoms with Gasteiger partial charge in [0.2, 0.25) is 5.91 Å². The predicted molar refractivity (Wildman–Crippen MR) is 112 cm³/mol. The second-order valence-corrected chi connectivity index (χ2v) is 8.06. The minimum absolute atomic E-state index is 0.0433. The molecule has 3 amide bonds. The highest BCUT2D eigenvalue weighted by Crippen LogP contribution is 2.21. The fourth-order valence-corrected chi connectivity index (χ4v) is 3.59. The minimum atomic E-state index is -4.09. The second kappa shape index (κ2) is 8.43. The van der Waals surface area contributed by atoms with Gasteiger partial charge in [0.25, 0.3) is 11.8 Å². The van der Waals surface area contributed by atoms with Crippen molar-refractivity contribution in [2.24, 2.45) is 0 Å². The molecule has 11 heteroatoms. The molecule has 3 N–H and O–H groups in total. The van der Waals surface area contributed by atoms with Crippen molar-refractivity contribution in [3.8, 4) is 5.75 Å². The molecular weight excluding hydrogens is 430 g/mol. The fraction of sp³-hybridized carbons (Fsp3) is 0.0526. The lowest BCUT2D eigenvalue weighted by atomic mass is 10.1. The number of hydrogen-bond donors (Lipinski definition) is 3. The number of thiocarbonyl (C=S) groups is 1. The number of nitrogens with one attached hydrogen (secondary N) is 3. The lowest BCUT2D eigenvalue weighted by molar-refractivity contribution is -0.123. The molecule has 0 bridgehead atoms. The summed E-state index contributed by atoms with van der Waals surface area (Å²) in [5.41, 5.74) is 0.798. The summed E-state index contributed by atoms with van der Waals surface area (Å²) in [4.78, 5) is 34.7. The first-order valence-corrected chi connectivity index (χ1v) is 10.3. The highest BCUT2D eigenvalue weighted by Gasteiger charge is 2.25. The van der Waals surface area contributed by atoms with E-state index >= 15 is 0 Å². The Hall–Kier alpha value is -3.57. The van der Waals surface area contributed by atoms with Crippen LogP contribution >= 0.6 is 12.2 Å². The van der Waals surface area contributed by atoms with Crippen LogP contribution in [0.15, 0.2) is 59.0 Å². The Bertz CT molecular complexity index is 1150. The summed E-state index contributed by atoms with van der Waals surface area (Å²) in [5.74, 6) is -1.49. The Morgan fingerprint density at radius 3 is 2.10 bits per heavy atom. The number of carbonyl (C=O) groups excluding carboxylic acids is 3. The smallest absolute Gasteiger partial charge is 0.339 e. The van der Waals surface area contributed by atoms with Crippen molar-refractivity contribution in [2.75, 3.05) is 5.32 Å². The third kappa shape index (κ3) is 5.07. The van der Waals surface area contributed by atoms with Gasteiger partial charge in [-0.05, 0) is 60.3 Å². The van der Waals surface area contributed by atoms with Crippen LogP contribution in [-0.2, 0) is 24.5 Å². The van der Waals surface area contributed by atoms with Crippen LogP contribution in [0.1, 0.15) is 12.5 Å². The highest BCUT2D eigenvalue weighted by molar-refractivity contribution is 7.87. The first-order valence-electron chi connectivity index (χ1n) is 8.44. The standard InChI is InChI=1S/C19H15N3O6S2/c1-11(23)20-13-4-8-15(9-5-13)30(26,27)28-14-6-2-12(3-7-14)10-16-17(24)21-19(29)22-18(16)25/h2-10H,1H3,(H,20,23)(H2,21,22,24,25,29). The molecule has 0 saturated carbocycles. The van der Waals surface area contributed by atoms with Crippen LogP contribution in [0.4, 0.5) is 5.69 Å². The molecule has 1 saturated heterocycles. The van der Waals surface area contributed by atoms with Gasteiger partial charge >= 0.3 is 10.1 Å². The third-order valence-corrected chi connectivity index (χ3v) is 5.27. The van der Waals surface area contributed by atoms with Crippen molar-refractivity contribution in [1.29, 1.82) is 0 Å². The molecule has 2 aromatic rings. The third-order valence-electron chi connectivity index (χ3n) is 3.80. The number of carbonyl (C=O) groups is 3. The molecule has 1 aliphatic rings. The second-order valence-electron chi connectivity index (χ2n) is 6.11. The van der Waals surface area contributed by atoms with Crippen LogP contribution in [0.3, 0.4) is 0 Å². The number of anilines is 1. The monoisotopic (exact) mass is 445 g/mol. The van der Waals surface area contributed by atoms with Gasteiger partial charge in [0.05, 0.1) is 0 Å². The Morgan fingerprint density at radius 2 is 1.57 bits per heavy atom. The van der Waals surface area contributed by atoms with Gasteiger partial charge in [-0.2, -0.15) is 8.42 Å². The lowest BCUT2D eigenvalue weighted by Gasteiger charge is -2.16. The summed E-state index contributed by atoms with van der Waals surface area (Å²) in [7, 11) is -4.09. The Morgan fingerprint density at radius 1 is 1.00 bits per heavy atom. The van der Waals surface area contributed by atoms with Gasteiger partial charge in [0.15, 0.2) is 5.11 Å². The summed E-state index contributed by atoms with van der Waals surface area (Å²) < 4.78 is 29.9. The van der Waals surface area contributed by atoms with E-state index in [0.29, 0.717) is 11.3 Å². The molecule has 1 aliphatic heterocycles. The number of amides is 3. The van der Waals surface area contributed by atoms with E-state index in [2.05, 4.69) is 16.0 Å². The zero-order valence-corrected chi connectivity index (χ0v) is 17.1. The highest BCUT2D eigenvalue weighted by atomic mass is 32.2. The van der Waals surface area contributed by atoms with Gasteiger partial charge in [0.1, 0.15) is 16.2 Å². The van der Waals surface area contributed by atoms with E-state index in [1.807, 2.05) is 0 Å². The van der Waals surface area contributed by atoms with E-state index in [-0.39, 0.29) is 27.2 Å². The molecule has 1 heterocycles. The van der Waals surface area contributed by atoms with E-state index in [0.717, 1.165) is 0 Å². The van der Waals surface area contributed by atoms with E-state index < -0.39 is 21.9 Å². The van der Waals surface area contributed by atoms with Gasteiger partial charge < -0.3 is 9.50 Å². The summed E-state index contributed by atoms with van der Waals surface area (Å²) in [6.07, 6.45) is 1.34. The lowest BCUT2D eigenvalue weighted by Crippen LogP contribution is -2.51. The molecule has 0 spiro atoms. The summed E-state index contributed by atoms with van der Waals surface area (Å²) >= 11 is 4.73. The van der Waals surface area contributed by atoms with Gasteiger partial charge in [-0.15, -0.1) is 0 Å². The quantitative estimate of drug-likeness (QED) is 0.274. The van der Waals surface area contributed by atoms with Crippen molar-refractivity contribution < 1.29 is 27.0 Å². The normalized spacial score (nSPS) is 13.9. The molecule has 3 rings (SSSR count). The molecule has 0 atom stereocenters. The van der Waals surface area contributed by atoms with Crippen LogP contribution in [0.5, 0.6) is 5.75 Å². The van der Waals surface area contributed by atoms with Crippen LogP contribution in [0, 0.1) is 0 Å². The Balaban J connectivity index is 1.74. The van der Waals surface area contributed by atoms with Crippen LogP contribution in [0.2, 0.25) is 0 Å². The van der Waals surface area contributed by atoms with Crippen LogP contribution in [-0.4, -0.2) is 31.3 Å². The maximum Gasteiger partial charge on any atom is 0.339 e. The van der Waals surface area contributed by atoms with E-state index in [1.165, 1.54) is 61.5 Å². The van der Waals surface area contributed by atoms with Crippen molar-refractivity contribution in [3.63, 3.8) is 0 Å². The van der Waals surface area contributed by atoms with Gasteiger partial charge in [-0.1, -0.05) is 12.1 Å². The zero-order chi connectivity index (χ0) is 21.9. The average Bonchev–Trinajstić information content (AvgIpc) is 2.65. The van der Waals surface area contributed by atoms with E-state index in [9.17, 15) is 22.8 Å². The molecule has 2 aromatic carbocycles. The first kappa shape index (κ1) is 21.1. The molecule has 0 radical (unpaired) electrons. The van der Waals surface area contributed by atoms with Crippen LogP contribution < -0.4 is 20.1 Å². The van der Waals surface area contributed by atoms with E-state index in [4.69, 9.17) is 16.4 Å². The molecular formula is C19H15N3O6S2. The van der Waals surface area contributed by atoms with Gasteiger partial charge in [-0.3, -0.25) is 25.0 Å². The minimum Gasteiger partial charge on any atom is -0.379 e. The SMILES string of the molecule is CC(=O)Nc1ccc(S(=O)(=O)Oc2ccc(C=C3C(=O)NC(=S)NC3=O)cc2)cc1. The van der Waals surface area contributed by atoms with Crippen molar-refractivity contribution in [2.45, 2.75) is 11.8 Å². The molecule has 0 aliphatic carbocycles. The summed E-state index contributed by atoms with van der Waals surface area (Å²) in [6, 6.07) is 11.3. The van der Waals surface area contributed by atoms with E-state index in [1.54, 1.807) is 0 Å². The first-order chi connectivity index (χ1) is 14.1. The van der Waals surface area contributed by atoms with Crippen molar-refractivity contribution >= 4 is 56.9 Å². The summed E-state index contributed by atoms with van der Waals surface area (Å²) in [5, 5.41) is 7.11. The zero-order valence-electron chi connectivity index (χ0n) is 15.5. The maximum atomic E-state index is 12.4. The largest absolute Gasteiger partial charge is 0.379 e. The average molecular weight is 445 g/mol. The number of benzene rings is 2. The van der Waals surface area contributed by atoms with Crippen molar-refractivity contribution in [3.05, 3.63) is 59.7 Å². The number of hydrogen-bond acceptors (Lipinski definition) is 7. The Labute approximate surface area is 177 Å². The maximum absolute atomic E-state index is 12.4. The number of rotatable bonds is 5. The van der Waals surface area contributed by atoms with Crippen LogP contribution in [0.25, 0.3) is 6.08 Å². The predicted octanol–water partition coefficient (Wildman–Crippen LogP) is 1.33. The fourth-order valence-electron chi connectivity index (χ4n) is 2.48. The Kier molecular flexibility index (Phi) is 5.94. The van der Waals surface area contributed by atoms with Gasteiger partial charge in [0, 0.05) is 12.6 Å². The van der Waals surface area contributed by atoms with Crippen molar-refractivity contribution in [1.82, 2.24) is 10.6 Å². The molecule has 30 heavy (non-hydrogen) atoms. The molecule has 154 valence electrons. The molecule has 0 unspecified atom stereocenters.